The normalized spacial score (nSPS) is 13.6. The van der Waals surface area contributed by atoms with Crippen molar-refractivity contribution in [3.63, 3.8) is 0 Å². The highest BCUT2D eigenvalue weighted by atomic mass is 32.1. The summed E-state index contributed by atoms with van der Waals surface area (Å²) in [4.78, 5) is 13.9. The third kappa shape index (κ3) is 5.66. The van der Waals surface area contributed by atoms with Crippen LogP contribution < -0.4 is 5.73 Å². The first kappa shape index (κ1) is 13.1. The molecule has 80 valence electrons. The molecule has 0 saturated carbocycles. The van der Waals surface area contributed by atoms with E-state index >= 15 is 0 Å². The predicted molar refractivity (Wildman–Crippen MR) is 57.2 cm³/mol. The van der Waals surface area contributed by atoms with Crippen LogP contribution in [0.5, 0.6) is 0 Å². The minimum atomic E-state index is -0.913. The van der Waals surface area contributed by atoms with Gasteiger partial charge >= 0.3 is 5.97 Å². The third-order valence-corrected chi connectivity index (χ3v) is 2.41. The average molecular weight is 216 g/mol. The molecular weight excluding hydrogens is 200 g/mol. The molecule has 0 radical (unpaired) electrons. The van der Waals surface area contributed by atoms with Gasteiger partial charge < -0.3 is 10.8 Å². The Morgan fingerprint density at radius 2 is 2.36 bits per heavy atom. The van der Waals surface area contributed by atoms with Crippen LogP contribution in [-0.4, -0.2) is 22.1 Å². The number of carboxylic acids is 1. The van der Waals surface area contributed by atoms with E-state index < -0.39 is 12.0 Å². The van der Waals surface area contributed by atoms with Crippen LogP contribution in [0.3, 0.4) is 0 Å². The summed E-state index contributed by atoms with van der Waals surface area (Å²) in [5.41, 5.74) is 7.06. The Balaban J connectivity index is 0.000000280. The van der Waals surface area contributed by atoms with Gasteiger partial charge in [0.2, 0.25) is 0 Å². The second-order valence-electron chi connectivity index (χ2n) is 2.93. The molecule has 14 heavy (non-hydrogen) atoms. The lowest BCUT2D eigenvalue weighted by Gasteiger charge is -2.11. The average Bonchev–Trinajstić information content (AvgIpc) is 2.73. The summed E-state index contributed by atoms with van der Waals surface area (Å²) in [6.45, 7) is 3.76. The van der Waals surface area contributed by atoms with Crippen molar-refractivity contribution in [2.75, 3.05) is 0 Å². The lowest BCUT2D eigenvalue weighted by molar-refractivity contribution is -0.139. The number of hydrogen-bond acceptors (Lipinski definition) is 4. The first-order valence-electron chi connectivity index (χ1n) is 4.40. The topological polar surface area (TPSA) is 76.2 Å². The second kappa shape index (κ2) is 7.46. The molecule has 0 bridgehead atoms. The van der Waals surface area contributed by atoms with Gasteiger partial charge in [-0.3, -0.25) is 9.78 Å². The van der Waals surface area contributed by atoms with Crippen molar-refractivity contribution in [3.05, 3.63) is 17.1 Å². The van der Waals surface area contributed by atoms with Crippen LogP contribution in [0.25, 0.3) is 0 Å². The van der Waals surface area contributed by atoms with Crippen LogP contribution in [0.15, 0.2) is 17.1 Å². The number of thiazole rings is 1. The van der Waals surface area contributed by atoms with E-state index in [0.717, 1.165) is 6.42 Å². The lowest BCUT2D eigenvalue weighted by atomic mass is 10.0. The third-order valence-electron chi connectivity index (χ3n) is 1.89. The van der Waals surface area contributed by atoms with Gasteiger partial charge in [0.1, 0.15) is 6.04 Å². The van der Waals surface area contributed by atoms with E-state index in [1.807, 2.05) is 19.2 Å². The van der Waals surface area contributed by atoms with Crippen molar-refractivity contribution in [1.82, 2.24) is 4.98 Å². The van der Waals surface area contributed by atoms with Crippen LogP contribution in [0.1, 0.15) is 20.3 Å². The van der Waals surface area contributed by atoms with Crippen molar-refractivity contribution in [3.8, 4) is 0 Å². The Labute approximate surface area is 87.8 Å². The van der Waals surface area contributed by atoms with E-state index in [1.165, 1.54) is 0 Å². The zero-order valence-electron chi connectivity index (χ0n) is 8.38. The number of aliphatic carboxylic acids is 1. The fourth-order valence-corrected chi connectivity index (χ4v) is 1.02. The van der Waals surface area contributed by atoms with Gasteiger partial charge in [0, 0.05) is 11.6 Å². The van der Waals surface area contributed by atoms with Crippen molar-refractivity contribution in [1.29, 1.82) is 0 Å². The lowest BCUT2D eigenvalue weighted by Crippen LogP contribution is -2.36. The molecule has 1 aromatic heterocycles. The summed E-state index contributed by atoms with van der Waals surface area (Å²) in [5.74, 6) is -0.841. The summed E-state index contributed by atoms with van der Waals surface area (Å²) >= 11 is 1.60. The number of carbonyl (C=O) groups is 1. The number of aromatic nitrogens is 1. The molecule has 5 heteroatoms. The fourth-order valence-electron chi connectivity index (χ4n) is 0.673. The molecule has 1 heterocycles. The van der Waals surface area contributed by atoms with Crippen LogP contribution in [-0.2, 0) is 4.79 Å². The van der Waals surface area contributed by atoms with Crippen LogP contribution >= 0.6 is 11.3 Å². The fraction of sp³-hybridized carbons (Fsp3) is 0.556. The molecule has 3 N–H and O–H groups in total. The van der Waals surface area contributed by atoms with Gasteiger partial charge in [0.15, 0.2) is 0 Å². The summed E-state index contributed by atoms with van der Waals surface area (Å²) < 4.78 is 0. The van der Waals surface area contributed by atoms with Crippen molar-refractivity contribution < 1.29 is 9.90 Å². The molecule has 1 rings (SSSR count). The largest absolute Gasteiger partial charge is 0.480 e. The highest BCUT2D eigenvalue weighted by Gasteiger charge is 2.17. The van der Waals surface area contributed by atoms with E-state index in [9.17, 15) is 4.79 Å². The van der Waals surface area contributed by atoms with E-state index in [2.05, 4.69) is 4.98 Å². The van der Waals surface area contributed by atoms with Gasteiger partial charge in [-0.2, -0.15) is 0 Å². The summed E-state index contributed by atoms with van der Waals surface area (Å²) in [5, 5.41) is 10.3. The van der Waals surface area contributed by atoms with Gasteiger partial charge in [-0.05, 0) is 5.92 Å². The van der Waals surface area contributed by atoms with Crippen molar-refractivity contribution in [2.45, 2.75) is 26.3 Å². The monoisotopic (exact) mass is 216 g/mol. The number of hydrogen-bond donors (Lipinski definition) is 2. The van der Waals surface area contributed by atoms with Gasteiger partial charge in [-0.1, -0.05) is 20.3 Å². The molecular formula is C9H16N2O2S. The molecule has 0 unspecified atom stereocenters. The van der Waals surface area contributed by atoms with E-state index in [-0.39, 0.29) is 5.92 Å². The molecule has 2 atom stereocenters. The van der Waals surface area contributed by atoms with Gasteiger partial charge in [-0.15, -0.1) is 11.3 Å². The first-order valence-corrected chi connectivity index (χ1v) is 5.34. The van der Waals surface area contributed by atoms with E-state index in [1.54, 1.807) is 23.0 Å². The Bertz CT molecular complexity index is 222. The highest BCUT2D eigenvalue weighted by molar-refractivity contribution is 7.07. The minimum absolute atomic E-state index is 0.0718. The van der Waals surface area contributed by atoms with E-state index in [4.69, 9.17) is 10.8 Å². The van der Waals surface area contributed by atoms with Gasteiger partial charge in [0.05, 0.1) is 5.51 Å². The number of nitrogens with zero attached hydrogens (tertiary/aromatic N) is 1. The van der Waals surface area contributed by atoms with E-state index in [0.29, 0.717) is 0 Å². The maximum Gasteiger partial charge on any atom is 0.320 e. The quantitative estimate of drug-likeness (QED) is 0.804. The molecule has 1 aromatic rings. The van der Waals surface area contributed by atoms with Crippen LogP contribution in [0, 0.1) is 5.92 Å². The van der Waals surface area contributed by atoms with Crippen molar-refractivity contribution in [2.24, 2.45) is 11.7 Å². The molecule has 0 amide bonds. The van der Waals surface area contributed by atoms with Crippen LogP contribution in [0.2, 0.25) is 0 Å². The standard InChI is InChI=1S/C6H13NO2.C3H3NS/c1-3-4(2)5(7)6(8)9;1-2-5-3-4-1/h4-5H,3,7H2,1-2H3,(H,8,9);1-3H/t4-,5-;/m0./s1. The zero-order chi connectivity index (χ0) is 11.0. The second-order valence-corrected chi connectivity index (χ2v) is 3.68. The molecule has 0 aliphatic rings. The summed E-state index contributed by atoms with van der Waals surface area (Å²) in [7, 11) is 0. The molecule has 0 aromatic carbocycles. The highest BCUT2D eigenvalue weighted by Crippen LogP contribution is 2.04. The maximum atomic E-state index is 10.2. The molecule has 4 nitrogen and oxygen atoms in total. The molecule has 0 aliphatic carbocycles. The minimum Gasteiger partial charge on any atom is -0.480 e. The Hall–Kier alpha value is -0.940. The number of rotatable bonds is 3. The molecule has 0 spiro atoms. The van der Waals surface area contributed by atoms with Gasteiger partial charge in [-0.25, -0.2) is 0 Å². The van der Waals surface area contributed by atoms with Gasteiger partial charge in [0.25, 0.3) is 0 Å². The summed E-state index contributed by atoms with van der Waals surface area (Å²) in [6.07, 6.45) is 2.58. The number of carboxylic acid groups (broad SMARTS) is 1. The molecule has 0 fully saturated rings. The van der Waals surface area contributed by atoms with Crippen molar-refractivity contribution >= 4 is 17.3 Å². The zero-order valence-corrected chi connectivity index (χ0v) is 9.20. The Morgan fingerprint density at radius 1 is 1.71 bits per heavy atom. The predicted octanol–water partition coefficient (Wildman–Crippen LogP) is 1.59. The van der Waals surface area contributed by atoms with Crippen LogP contribution in [0.4, 0.5) is 0 Å². The Kier molecular flexibility index (Phi) is 6.96. The maximum absolute atomic E-state index is 10.2. The molecule has 0 saturated heterocycles. The first-order chi connectivity index (χ1) is 6.59. The summed E-state index contributed by atoms with van der Waals surface area (Å²) in [6, 6.07) is -0.699. The SMILES string of the molecule is CC[C@H](C)[C@H](N)C(=O)O.c1cscn1. The Morgan fingerprint density at radius 3 is 2.50 bits per heavy atom. The number of nitrogens with two attached hydrogens (primary N) is 1. The smallest absolute Gasteiger partial charge is 0.320 e. The molecule has 0 aliphatic heterocycles.